The number of benzene rings is 1. The second-order valence-corrected chi connectivity index (χ2v) is 6.00. The molecular weight excluding hydrogens is 236 g/mol. The number of amides is 1. The minimum atomic E-state index is -0.748. The van der Waals surface area contributed by atoms with Gasteiger partial charge < -0.3 is 11.1 Å². The highest BCUT2D eigenvalue weighted by molar-refractivity contribution is 5.85. The van der Waals surface area contributed by atoms with Gasteiger partial charge in [-0.05, 0) is 31.7 Å². The number of nitrogens with one attached hydrogen (secondary N) is 1. The van der Waals surface area contributed by atoms with Crippen LogP contribution in [0.1, 0.15) is 45.1 Å². The van der Waals surface area contributed by atoms with E-state index in [9.17, 15) is 4.79 Å². The first-order valence-electron chi connectivity index (χ1n) is 7.13. The van der Waals surface area contributed by atoms with Gasteiger partial charge in [0, 0.05) is 12.0 Å². The van der Waals surface area contributed by atoms with Gasteiger partial charge in [-0.1, -0.05) is 43.7 Å². The van der Waals surface area contributed by atoms with Crippen LogP contribution in [0.4, 0.5) is 0 Å². The maximum Gasteiger partial charge on any atom is 0.239 e. The Balaban J connectivity index is 1.94. The molecule has 0 saturated heterocycles. The van der Waals surface area contributed by atoms with Crippen LogP contribution in [0.5, 0.6) is 0 Å². The zero-order chi connectivity index (χ0) is 13.9. The maximum absolute atomic E-state index is 12.1. The molecule has 1 atom stereocenters. The third-order valence-corrected chi connectivity index (χ3v) is 4.12. The summed E-state index contributed by atoms with van der Waals surface area (Å²) in [6, 6.07) is 10.4. The molecule has 1 aliphatic carbocycles. The molecule has 1 saturated carbocycles. The average Bonchev–Trinajstić information content (AvgIpc) is 3.18. The molecule has 3 nitrogen and oxygen atoms in total. The van der Waals surface area contributed by atoms with Crippen LogP contribution >= 0.6 is 0 Å². The number of hydrogen-bond donors (Lipinski definition) is 2. The quantitative estimate of drug-likeness (QED) is 0.825. The van der Waals surface area contributed by atoms with Gasteiger partial charge in [-0.3, -0.25) is 4.79 Å². The number of carbonyl (C=O) groups excluding carboxylic acids is 1. The lowest BCUT2D eigenvalue weighted by atomic mass is 9.93. The summed E-state index contributed by atoms with van der Waals surface area (Å²) in [5, 5.41) is 3.05. The molecule has 1 fully saturated rings. The average molecular weight is 260 g/mol. The highest BCUT2D eigenvalue weighted by atomic mass is 16.2. The van der Waals surface area contributed by atoms with Crippen LogP contribution in [-0.4, -0.2) is 18.0 Å². The van der Waals surface area contributed by atoms with E-state index in [1.165, 1.54) is 5.56 Å². The predicted molar refractivity (Wildman–Crippen MR) is 77.9 cm³/mol. The third kappa shape index (κ3) is 3.16. The highest BCUT2D eigenvalue weighted by Crippen LogP contribution is 2.47. The molecule has 2 rings (SSSR count). The Morgan fingerprint density at radius 3 is 2.53 bits per heavy atom. The number of rotatable bonds is 6. The van der Waals surface area contributed by atoms with Crippen LogP contribution in [0.3, 0.4) is 0 Å². The van der Waals surface area contributed by atoms with Gasteiger partial charge in [0.1, 0.15) is 0 Å². The highest BCUT2D eigenvalue weighted by Gasteiger charge is 2.44. The molecule has 1 unspecified atom stereocenters. The topological polar surface area (TPSA) is 55.1 Å². The van der Waals surface area contributed by atoms with Crippen LogP contribution < -0.4 is 11.1 Å². The van der Waals surface area contributed by atoms with E-state index in [-0.39, 0.29) is 11.3 Å². The minimum absolute atomic E-state index is 0.0310. The van der Waals surface area contributed by atoms with Crippen molar-refractivity contribution >= 4 is 5.91 Å². The van der Waals surface area contributed by atoms with Crippen molar-refractivity contribution < 1.29 is 4.79 Å². The first-order chi connectivity index (χ1) is 9.00. The van der Waals surface area contributed by atoms with E-state index < -0.39 is 5.54 Å². The van der Waals surface area contributed by atoms with E-state index in [0.717, 1.165) is 25.7 Å². The lowest BCUT2D eigenvalue weighted by Gasteiger charge is -2.25. The molecule has 0 aromatic heterocycles. The molecule has 1 amide bonds. The van der Waals surface area contributed by atoms with E-state index in [4.69, 9.17) is 5.73 Å². The molecule has 0 bridgehead atoms. The zero-order valence-electron chi connectivity index (χ0n) is 11.9. The minimum Gasteiger partial charge on any atom is -0.354 e. The summed E-state index contributed by atoms with van der Waals surface area (Å²) in [4.78, 5) is 12.1. The van der Waals surface area contributed by atoms with Crippen LogP contribution in [-0.2, 0) is 10.2 Å². The molecule has 0 aliphatic heterocycles. The summed E-state index contributed by atoms with van der Waals surface area (Å²) in [5.74, 6) is -0.0310. The molecule has 1 aliphatic rings. The Bertz CT molecular complexity index is 435. The monoisotopic (exact) mass is 260 g/mol. The first kappa shape index (κ1) is 14.1. The van der Waals surface area contributed by atoms with Crippen molar-refractivity contribution in [3.8, 4) is 0 Å². The van der Waals surface area contributed by atoms with E-state index >= 15 is 0 Å². The lowest BCUT2D eigenvalue weighted by Crippen LogP contribution is -2.52. The molecule has 1 aromatic carbocycles. The van der Waals surface area contributed by atoms with E-state index in [1.54, 1.807) is 0 Å². The Labute approximate surface area is 115 Å². The van der Waals surface area contributed by atoms with Crippen molar-refractivity contribution in [1.29, 1.82) is 0 Å². The second kappa shape index (κ2) is 5.33. The lowest BCUT2D eigenvalue weighted by molar-refractivity contribution is -0.126. The van der Waals surface area contributed by atoms with Crippen LogP contribution in [0.2, 0.25) is 0 Å². The van der Waals surface area contributed by atoms with Crippen molar-refractivity contribution in [2.24, 2.45) is 5.73 Å². The molecule has 104 valence electrons. The van der Waals surface area contributed by atoms with Crippen molar-refractivity contribution in [2.45, 2.75) is 50.5 Å². The SMILES string of the molecule is CCCC(C)(N)C(=O)NCC1(c2ccccc2)CC1. The molecule has 3 heteroatoms. The largest absolute Gasteiger partial charge is 0.354 e. The number of carbonyl (C=O) groups is 1. The summed E-state index contributed by atoms with van der Waals surface area (Å²) in [5.41, 5.74) is 6.77. The van der Waals surface area contributed by atoms with Gasteiger partial charge in [0.2, 0.25) is 5.91 Å². The van der Waals surface area contributed by atoms with Gasteiger partial charge in [-0.15, -0.1) is 0 Å². The van der Waals surface area contributed by atoms with Crippen molar-refractivity contribution in [2.75, 3.05) is 6.54 Å². The zero-order valence-corrected chi connectivity index (χ0v) is 11.9. The fraction of sp³-hybridized carbons (Fsp3) is 0.562. The summed E-state index contributed by atoms with van der Waals surface area (Å²) in [6.45, 7) is 4.56. The first-order valence-corrected chi connectivity index (χ1v) is 7.13. The van der Waals surface area contributed by atoms with Gasteiger partial charge in [0.05, 0.1) is 5.54 Å². The molecule has 0 spiro atoms. The van der Waals surface area contributed by atoms with Crippen molar-refractivity contribution in [3.63, 3.8) is 0 Å². The number of nitrogens with two attached hydrogens (primary N) is 1. The molecular formula is C16H24N2O. The smallest absolute Gasteiger partial charge is 0.239 e. The second-order valence-electron chi connectivity index (χ2n) is 6.00. The molecule has 0 radical (unpaired) electrons. The van der Waals surface area contributed by atoms with Gasteiger partial charge in [0.25, 0.3) is 0 Å². The molecule has 1 aromatic rings. The van der Waals surface area contributed by atoms with Crippen molar-refractivity contribution in [1.82, 2.24) is 5.32 Å². The predicted octanol–water partition coefficient (Wildman–Crippen LogP) is 2.35. The van der Waals surface area contributed by atoms with Crippen LogP contribution in [0.25, 0.3) is 0 Å². The standard InChI is InChI=1S/C16H24N2O/c1-3-9-15(2,17)14(19)18-12-16(10-11-16)13-7-5-4-6-8-13/h4-8H,3,9-12,17H2,1-2H3,(H,18,19). The Hall–Kier alpha value is -1.35. The molecule has 19 heavy (non-hydrogen) atoms. The fourth-order valence-electron chi connectivity index (χ4n) is 2.59. The Morgan fingerprint density at radius 2 is 2.00 bits per heavy atom. The van der Waals surface area contributed by atoms with E-state index in [2.05, 4.69) is 29.6 Å². The van der Waals surface area contributed by atoms with E-state index in [0.29, 0.717) is 6.54 Å². The van der Waals surface area contributed by atoms with E-state index in [1.807, 2.05) is 19.9 Å². The van der Waals surface area contributed by atoms with Crippen LogP contribution in [0, 0.1) is 0 Å². The van der Waals surface area contributed by atoms with Crippen molar-refractivity contribution in [3.05, 3.63) is 35.9 Å². The summed E-state index contributed by atoms with van der Waals surface area (Å²) in [6.07, 6.45) is 3.93. The molecule has 3 N–H and O–H groups in total. The van der Waals surface area contributed by atoms with Gasteiger partial charge in [-0.25, -0.2) is 0 Å². The van der Waals surface area contributed by atoms with Gasteiger partial charge in [-0.2, -0.15) is 0 Å². The Kier molecular flexibility index (Phi) is 3.95. The summed E-state index contributed by atoms with van der Waals surface area (Å²) < 4.78 is 0. The number of hydrogen-bond acceptors (Lipinski definition) is 2. The third-order valence-electron chi connectivity index (χ3n) is 4.12. The van der Waals surface area contributed by atoms with Gasteiger partial charge >= 0.3 is 0 Å². The van der Waals surface area contributed by atoms with Crippen LogP contribution in [0.15, 0.2) is 30.3 Å². The fourth-order valence-corrected chi connectivity index (χ4v) is 2.59. The van der Waals surface area contributed by atoms with Gasteiger partial charge in [0.15, 0.2) is 0 Å². The Morgan fingerprint density at radius 1 is 1.37 bits per heavy atom. The maximum atomic E-state index is 12.1. The summed E-state index contributed by atoms with van der Waals surface area (Å²) in [7, 11) is 0. The normalized spacial score (nSPS) is 19.5. The summed E-state index contributed by atoms with van der Waals surface area (Å²) >= 11 is 0. The molecule has 0 heterocycles.